The summed E-state index contributed by atoms with van der Waals surface area (Å²) in [5, 5.41) is 15.9. The van der Waals surface area contributed by atoms with E-state index in [1.165, 1.54) is 0 Å². The maximum absolute atomic E-state index is 13.8. The normalized spacial score (nSPS) is 17.1. The first-order valence-corrected chi connectivity index (χ1v) is 12.6. The van der Waals surface area contributed by atoms with Gasteiger partial charge in [-0.25, -0.2) is 0 Å². The lowest BCUT2D eigenvalue weighted by atomic mass is 9.87. The van der Waals surface area contributed by atoms with Crippen molar-refractivity contribution in [3.63, 3.8) is 0 Å². The van der Waals surface area contributed by atoms with Gasteiger partial charge in [-0.05, 0) is 57.4 Å². The van der Waals surface area contributed by atoms with Gasteiger partial charge in [0.05, 0.1) is 18.7 Å². The van der Waals surface area contributed by atoms with Crippen molar-refractivity contribution in [1.82, 2.24) is 0 Å². The van der Waals surface area contributed by atoms with E-state index >= 15 is 0 Å². The molecular formula is C31H22BrNO3. The molecule has 1 atom stereocenters. The Morgan fingerprint density at radius 1 is 0.778 bits per heavy atom. The molecule has 0 aromatic heterocycles. The van der Waals surface area contributed by atoms with E-state index in [2.05, 4.69) is 22.0 Å². The minimum atomic E-state index is -1.95. The summed E-state index contributed by atoms with van der Waals surface area (Å²) in [6, 6.07) is 32.8. The molecule has 1 amide bonds. The Hall–Kier alpha value is -3.80. The smallest absolute Gasteiger partial charge is 0.264 e. The molecule has 1 aliphatic heterocycles. The number of hydrogen-bond acceptors (Lipinski definition) is 3. The van der Waals surface area contributed by atoms with Crippen molar-refractivity contribution in [1.29, 1.82) is 0 Å². The number of Topliss-reactive ketones (excluding diaryl/α,β-unsaturated/α-hetero) is 1. The molecule has 4 nitrogen and oxygen atoms in total. The third-order valence-corrected chi connectivity index (χ3v) is 7.43. The molecule has 36 heavy (non-hydrogen) atoms. The molecule has 176 valence electrons. The highest BCUT2D eigenvalue weighted by Crippen LogP contribution is 2.45. The van der Waals surface area contributed by atoms with Crippen molar-refractivity contribution >= 4 is 54.9 Å². The number of ketones is 1. The molecule has 5 aromatic rings. The largest absolute Gasteiger partial charge is 0.375 e. The SMILES string of the molecule is O=C(CC1(O)C(=O)N(Cc2ccc3ccccc3c2)c2ccc(Br)cc21)c1ccc2ccccc2c1. The molecule has 1 aliphatic rings. The van der Waals surface area contributed by atoms with E-state index in [0.29, 0.717) is 23.4 Å². The quantitative estimate of drug-likeness (QED) is 0.253. The summed E-state index contributed by atoms with van der Waals surface area (Å²) in [4.78, 5) is 28.7. The van der Waals surface area contributed by atoms with Gasteiger partial charge in [-0.15, -0.1) is 0 Å². The number of hydrogen-bond donors (Lipinski definition) is 1. The Morgan fingerprint density at radius 2 is 1.42 bits per heavy atom. The van der Waals surface area contributed by atoms with Gasteiger partial charge < -0.3 is 10.0 Å². The van der Waals surface area contributed by atoms with Crippen LogP contribution >= 0.6 is 15.9 Å². The Morgan fingerprint density at radius 3 is 2.14 bits per heavy atom. The van der Waals surface area contributed by atoms with Crippen LogP contribution in [0.4, 0.5) is 5.69 Å². The summed E-state index contributed by atoms with van der Waals surface area (Å²) in [6.45, 7) is 0.296. The maximum Gasteiger partial charge on any atom is 0.264 e. The second-order valence-electron chi connectivity index (χ2n) is 9.26. The zero-order chi connectivity index (χ0) is 24.9. The number of fused-ring (bicyclic) bond motifs is 3. The van der Waals surface area contributed by atoms with Crippen molar-refractivity contribution < 1.29 is 14.7 Å². The van der Waals surface area contributed by atoms with E-state index < -0.39 is 11.5 Å². The van der Waals surface area contributed by atoms with Crippen molar-refractivity contribution in [3.8, 4) is 0 Å². The van der Waals surface area contributed by atoms with Gasteiger partial charge in [0.2, 0.25) is 0 Å². The van der Waals surface area contributed by atoms with Crippen LogP contribution in [0, 0.1) is 0 Å². The predicted molar refractivity (Wildman–Crippen MR) is 146 cm³/mol. The number of aliphatic hydroxyl groups is 1. The molecule has 5 aromatic carbocycles. The van der Waals surface area contributed by atoms with Gasteiger partial charge in [-0.1, -0.05) is 88.7 Å². The molecule has 0 spiro atoms. The fourth-order valence-corrected chi connectivity index (χ4v) is 5.43. The Labute approximate surface area is 216 Å². The van der Waals surface area contributed by atoms with Crippen LogP contribution in [-0.4, -0.2) is 16.8 Å². The van der Waals surface area contributed by atoms with Gasteiger partial charge in [-0.2, -0.15) is 0 Å². The Bertz CT molecular complexity index is 1680. The number of benzene rings is 5. The number of nitrogens with zero attached hydrogens (tertiary/aromatic N) is 1. The molecule has 1 N–H and O–H groups in total. The second kappa shape index (κ2) is 8.70. The van der Waals surface area contributed by atoms with Gasteiger partial charge in [0.1, 0.15) is 0 Å². The first-order chi connectivity index (χ1) is 17.4. The van der Waals surface area contributed by atoms with Gasteiger partial charge in [0.25, 0.3) is 5.91 Å². The third kappa shape index (κ3) is 3.81. The van der Waals surface area contributed by atoms with Gasteiger partial charge >= 0.3 is 0 Å². The van der Waals surface area contributed by atoms with E-state index in [1.807, 2.05) is 84.9 Å². The first kappa shape index (κ1) is 22.7. The molecular weight excluding hydrogens is 514 g/mol. The molecule has 0 aliphatic carbocycles. The van der Waals surface area contributed by atoms with Crippen LogP contribution in [0.1, 0.15) is 27.9 Å². The average molecular weight is 536 g/mol. The minimum Gasteiger partial charge on any atom is -0.375 e. The zero-order valence-electron chi connectivity index (χ0n) is 19.3. The van der Waals surface area contributed by atoms with E-state index in [1.54, 1.807) is 17.0 Å². The number of anilines is 1. The average Bonchev–Trinajstić information content (AvgIpc) is 3.09. The van der Waals surface area contributed by atoms with Crippen LogP contribution in [0.5, 0.6) is 0 Å². The molecule has 0 saturated heterocycles. The number of carbonyl (C=O) groups is 2. The van der Waals surface area contributed by atoms with Gasteiger partial charge in [0.15, 0.2) is 11.4 Å². The van der Waals surface area contributed by atoms with Crippen LogP contribution in [-0.2, 0) is 16.9 Å². The molecule has 1 heterocycles. The molecule has 5 heteroatoms. The number of carbonyl (C=O) groups excluding carboxylic acids is 2. The summed E-state index contributed by atoms with van der Waals surface area (Å²) >= 11 is 3.46. The lowest BCUT2D eigenvalue weighted by molar-refractivity contribution is -0.136. The maximum atomic E-state index is 13.8. The highest BCUT2D eigenvalue weighted by atomic mass is 79.9. The summed E-state index contributed by atoms with van der Waals surface area (Å²) in [5.41, 5.74) is 0.529. The highest BCUT2D eigenvalue weighted by molar-refractivity contribution is 9.10. The van der Waals surface area contributed by atoms with E-state index in [0.717, 1.165) is 31.6 Å². The second-order valence-corrected chi connectivity index (χ2v) is 10.2. The summed E-state index contributed by atoms with van der Waals surface area (Å²) in [7, 11) is 0. The monoisotopic (exact) mass is 535 g/mol. The highest BCUT2D eigenvalue weighted by Gasteiger charge is 2.51. The number of amides is 1. The molecule has 0 bridgehead atoms. The lowest BCUT2D eigenvalue weighted by Gasteiger charge is -2.23. The summed E-state index contributed by atoms with van der Waals surface area (Å²) < 4.78 is 0.734. The molecule has 0 fully saturated rings. The van der Waals surface area contributed by atoms with Crippen molar-refractivity contribution in [2.75, 3.05) is 4.90 Å². The summed E-state index contributed by atoms with van der Waals surface area (Å²) in [6.07, 6.45) is -0.332. The Kier molecular flexibility index (Phi) is 5.47. The topological polar surface area (TPSA) is 57.6 Å². The first-order valence-electron chi connectivity index (χ1n) is 11.8. The number of rotatable bonds is 5. The van der Waals surface area contributed by atoms with Crippen LogP contribution in [0.25, 0.3) is 21.5 Å². The van der Waals surface area contributed by atoms with Crippen LogP contribution in [0.2, 0.25) is 0 Å². The van der Waals surface area contributed by atoms with E-state index in [4.69, 9.17) is 0 Å². The molecule has 1 unspecified atom stereocenters. The molecule has 0 radical (unpaired) electrons. The predicted octanol–water partition coefficient (Wildman–Crippen LogP) is 6.76. The lowest BCUT2D eigenvalue weighted by Crippen LogP contribution is -2.41. The zero-order valence-corrected chi connectivity index (χ0v) is 20.9. The fraction of sp³-hybridized carbons (Fsp3) is 0.0968. The molecule has 6 rings (SSSR count). The van der Waals surface area contributed by atoms with Gasteiger partial charge in [-0.3, -0.25) is 9.59 Å². The van der Waals surface area contributed by atoms with Crippen molar-refractivity contribution in [3.05, 3.63) is 124 Å². The number of halogens is 1. The Balaban J connectivity index is 1.35. The van der Waals surface area contributed by atoms with Crippen molar-refractivity contribution in [2.45, 2.75) is 18.6 Å². The summed E-state index contributed by atoms with van der Waals surface area (Å²) in [5.74, 6) is -0.770. The standard InChI is InChI=1S/C31H22BrNO3/c32-26-13-14-28-27(17-26)31(36,18-29(34)25-12-11-22-6-2-4-8-24(22)16-25)30(35)33(28)19-20-9-10-21-5-1-3-7-23(21)15-20/h1-17,36H,18-19H2. The van der Waals surface area contributed by atoms with Crippen LogP contribution in [0.3, 0.4) is 0 Å². The van der Waals surface area contributed by atoms with Crippen LogP contribution in [0.15, 0.2) is 108 Å². The third-order valence-electron chi connectivity index (χ3n) is 6.94. The van der Waals surface area contributed by atoms with E-state index in [9.17, 15) is 14.7 Å². The minimum absolute atomic E-state index is 0.282. The van der Waals surface area contributed by atoms with Crippen molar-refractivity contribution in [2.24, 2.45) is 0 Å². The van der Waals surface area contributed by atoms with E-state index in [-0.39, 0.29) is 12.2 Å². The van der Waals surface area contributed by atoms with Crippen LogP contribution < -0.4 is 4.90 Å². The van der Waals surface area contributed by atoms with Gasteiger partial charge in [0, 0.05) is 15.6 Å². The fourth-order valence-electron chi connectivity index (χ4n) is 5.07. The molecule has 0 saturated carbocycles.